The normalized spacial score (nSPS) is 14.4. The van der Waals surface area contributed by atoms with E-state index in [9.17, 15) is 9.59 Å². The van der Waals surface area contributed by atoms with Gasteiger partial charge in [0, 0.05) is 17.3 Å². The van der Waals surface area contributed by atoms with Gasteiger partial charge in [-0.25, -0.2) is 0 Å². The molecule has 1 saturated carbocycles. The maximum Gasteiger partial charge on any atom is 0.294 e. The lowest BCUT2D eigenvalue weighted by molar-refractivity contribution is -0.123. The maximum atomic E-state index is 14.0. The Kier molecular flexibility index (Phi) is 7.44. The molecular weight excluding hydrogens is 444 g/mol. The van der Waals surface area contributed by atoms with Crippen molar-refractivity contribution in [2.75, 3.05) is 19.1 Å². The van der Waals surface area contributed by atoms with E-state index >= 15 is 0 Å². The number of nitrogens with one attached hydrogen (secondary N) is 1. The third kappa shape index (κ3) is 4.90. The predicted molar refractivity (Wildman–Crippen MR) is 134 cm³/mol. The summed E-state index contributed by atoms with van der Waals surface area (Å²) in [6, 6.07) is 13.4. The lowest BCUT2D eigenvalue weighted by Gasteiger charge is -2.34. The Bertz CT molecular complexity index is 1180. The van der Waals surface area contributed by atoms with Gasteiger partial charge in [0.25, 0.3) is 5.91 Å². The number of benzene rings is 2. The number of amides is 2. The van der Waals surface area contributed by atoms with Crippen LogP contribution in [0, 0.1) is 13.8 Å². The van der Waals surface area contributed by atoms with Gasteiger partial charge in [-0.3, -0.25) is 14.5 Å². The Morgan fingerprint density at radius 1 is 1.00 bits per heavy atom. The van der Waals surface area contributed by atoms with Gasteiger partial charge in [0.15, 0.2) is 17.3 Å². The van der Waals surface area contributed by atoms with Crippen molar-refractivity contribution >= 4 is 17.5 Å². The zero-order valence-electron chi connectivity index (χ0n) is 20.7. The van der Waals surface area contributed by atoms with Gasteiger partial charge in [0.05, 0.1) is 20.5 Å². The largest absolute Gasteiger partial charge is 0.493 e. The molecule has 1 aliphatic rings. The maximum absolute atomic E-state index is 14.0. The summed E-state index contributed by atoms with van der Waals surface area (Å²) >= 11 is 0. The third-order valence-electron chi connectivity index (χ3n) is 6.72. The Morgan fingerprint density at radius 2 is 1.74 bits per heavy atom. The molecule has 0 spiro atoms. The molecule has 0 saturated heterocycles. The Balaban J connectivity index is 1.93. The van der Waals surface area contributed by atoms with Crippen molar-refractivity contribution in [1.29, 1.82) is 0 Å². The van der Waals surface area contributed by atoms with E-state index in [2.05, 4.69) is 5.32 Å². The van der Waals surface area contributed by atoms with Gasteiger partial charge in [-0.1, -0.05) is 37.1 Å². The summed E-state index contributed by atoms with van der Waals surface area (Å²) in [7, 11) is 3.08. The van der Waals surface area contributed by atoms with Gasteiger partial charge in [-0.05, 0) is 62.1 Å². The molecule has 2 aromatic carbocycles. The van der Waals surface area contributed by atoms with Crippen LogP contribution in [0.25, 0.3) is 0 Å². The van der Waals surface area contributed by atoms with Gasteiger partial charge in [-0.2, -0.15) is 0 Å². The zero-order chi connectivity index (χ0) is 24.9. The fraction of sp³-hybridized carbons (Fsp3) is 0.357. The highest BCUT2D eigenvalue weighted by molar-refractivity contribution is 6.09. The summed E-state index contributed by atoms with van der Waals surface area (Å²) in [5.74, 6) is 0.343. The summed E-state index contributed by atoms with van der Waals surface area (Å²) < 4.78 is 16.7. The van der Waals surface area contributed by atoms with Gasteiger partial charge in [0.1, 0.15) is 6.04 Å². The molecule has 1 N–H and O–H groups in total. The van der Waals surface area contributed by atoms with Gasteiger partial charge in [0.2, 0.25) is 5.91 Å². The number of aryl methyl sites for hydroxylation is 1. The van der Waals surface area contributed by atoms with E-state index in [0.29, 0.717) is 22.7 Å². The molecule has 0 unspecified atom stereocenters. The number of hydrogen-bond acceptors (Lipinski definition) is 5. The van der Waals surface area contributed by atoms with Crippen molar-refractivity contribution in [1.82, 2.24) is 5.32 Å². The van der Waals surface area contributed by atoms with E-state index in [0.717, 1.165) is 36.8 Å². The number of hydrogen-bond donors (Lipinski definition) is 1. The zero-order valence-corrected chi connectivity index (χ0v) is 20.7. The summed E-state index contributed by atoms with van der Waals surface area (Å²) in [5, 5.41) is 3.19. The molecular formula is C28H32N2O5. The summed E-state index contributed by atoms with van der Waals surface area (Å²) in [6.07, 6.45) is 5.44. The Morgan fingerprint density at radius 3 is 2.40 bits per heavy atom. The molecule has 1 atom stereocenters. The number of furan rings is 1. The third-order valence-corrected chi connectivity index (χ3v) is 6.72. The number of para-hydroxylation sites is 1. The van der Waals surface area contributed by atoms with Gasteiger partial charge < -0.3 is 19.2 Å². The summed E-state index contributed by atoms with van der Waals surface area (Å²) in [4.78, 5) is 29.5. The van der Waals surface area contributed by atoms with E-state index in [1.54, 1.807) is 37.4 Å². The lowest BCUT2D eigenvalue weighted by Crippen LogP contribution is -2.46. The van der Waals surface area contributed by atoms with Crippen LogP contribution in [0.2, 0.25) is 0 Å². The molecule has 4 rings (SSSR count). The first-order valence-electron chi connectivity index (χ1n) is 11.9. The monoisotopic (exact) mass is 476 g/mol. The molecule has 3 aromatic rings. The van der Waals surface area contributed by atoms with E-state index in [1.807, 2.05) is 32.0 Å². The highest BCUT2D eigenvalue weighted by atomic mass is 16.5. The fourth-order valence-corrected chi connectivity index (χ4v) is 4.76. The van der Waals surface area contributed by atoms with E-state index in [1.165, 1.54) is 18.3 Å². The second kappa shape index (κ2) is 10.7. The van der Waals surface area contributed by atoms with Crippen molar-refractivity contribution in [3.8, 4) is 11.5 Å². The number of methoxy groups -OCH3 is 2. The molecule has 2 amide bonds. The molecule has 1 heterocycles. The number of rotatable bonds is 8. The van der Waals surface area contributed by atoms with Crippen LogP contribution < -0.4 is 19.7 Å². The minimum atomic E-state index is -1.02. The van der Waals surface area contributed by atoms with Crippen LogP contribution in [0.4, 0.5) is 5.69 Å². The standard InChI is InChI=1S/C28H32N2O5/c1-18-10-7-14-22(19(18)2)30(28(32)24-16-9-17-35-24)25(27(31)29-20-11-5-6-12-20)21-13-8-15-23(33-3)26(21)34-4/h7-10,13-17,20,25H,5-6,11-12H2,1-4H3,(H,29,31)/t25-/m0/s1. The van der Waals surface area contributed by atoms with Crippen molar-refractivity contribution < 1.29 is 23.5 Å². The SMILES string of the molecule is COc1cccc([C@@H](C(=O)NC2CCCC2)N(C(=O)c2ccco2)c2cccc(C)c2C)c1OC. The molecule has 7 heteroatoms. The quantitative estimate of drug-likeness (QED) is 0.473. The minimum Gasteiger partial charge on any atom is -0.493 e. The first-order valence-corrected chi connectivity index (χ1v) is 11.9. The van der Waals surface area contributed by atoms with Crippen LogP contribution in [0.15, 0.2) is 59.2 Å². The highest BCUT2D eigenvalue weighted by Crippen LogP contribution is 2.41. The lowest BCUT2D eigenvalue weighted by atomic mass is 9.98. The fourth-order valence-electron chi connectivity index (χ4n) is 4.76. The van der Waals surface area contributed by atoms with E-state index in [4.69, 9.17) is 13.9 Å². The molecule has 1 aliphatic carbocycles. The number of ether oxygens (including phenoxy) is 2. The first-order chi connectivity index (χ1) is 17.0. The molecule has 35 heavy (non-hydrogen) atoms. The average molecular weight is 477 g/mol. The molecule has 1 fully saturated rings. The van der Waals surface area contributed by atoms with Crippen LogP contribution in [-0.2, 0) is 4.79 Å². The minimum absolute atomic E-state index is 0.0702. The van der Waals surface area contributed by atoms with Crippen LogP contribution in [-0.4, -0.2) is 32.1 Å². The Labute approximate surface area is 206 Å². The van der Waals surface area contributed by atoms with Crippen molar-refractivity contribution in [3.05, 3.63) is 77.2 Å². The second-order valence-corrected chi connectivity index (χ2v) is 8.85. The molecule has 184 valence electrons. The predicted octanol–water partition coefficient (Wildman–Crippen LogP) is 5.36. The second-order valence-electron chi connectivity index (χ2n) is 8.85. The molecule has 0 radical (unpaired) electrons. The summed E-state index contributed by atoms with van der Waals surface area (Å²) in [6.45, 7) is 3.93. The number of nitrogens with zero attached hydrogens (tertiary/aromatic N) is 1. The number of carbonyl (C=O) groups is 2. The Hall–Kier alpha value is -3.74. The van der Waals surface area contributed by atoms with Gasteiger partial charge >= 0.3 is 0 Å². The van der Waals surface area contributed by atoms with Gasteiger partial charge in [-0.15, -0.1) is 0 Å². The topological polar surface area (TPSA) is 81.0 Å². The first kappa shape index (κ1) is 24.4. The van der Waals surface area contributed by atoms with Crippen molar-refractivity contribution in [3.63, 3.8) is 0 Å². The summed E-state index contributed by atoms with van der Waals surface area (Å²) in [5.41, 5.74) is 3.06. The number of anilines is 1. The molecule has 0 aliphatic heterocycles. The highest BCUT2D eigenvalue weighted by Gasteiger charge is 2.38. The number of carbonyl (C=O) groups excluding carboxylic acids is 2. The van der Waals surface area contributed by atoms with Crippen LogP contribution in [0.5, 0.6) is 11.5 Å². The molecule has 1 aromatic heterocycles. The van der Waals surface area contributed by atoms with E-state index in [-0.39, 0.29) is 17.7 Å². The smallest absolute Gasteiger partial charge is 0.294 e. The average Bonchev–Trinajstić information content (AvgIpc) is 3.58. The van der Waals surface area contributed by atoms with E-state index < -0.39 is 11.9 Å². The van der Waals surface area contributed by atoms with Crippen molar-refractivity contribution in [2.45, 2.75) is 51.6 Å². The molecule has 0 bridgehead atoms. The van der Waals surface area contributed by atoms with Crippen LogP contribution in [0.3, 0.4) is 0 Å². The van der Waals surface area contributed by atoms with Crippen LogP contribution >= 0.6 is 0 Å². The van der Waals surface area contributed by atoms with Crippen LogP contribution in [0.1, 0.15) is 59.0 Å². The van der Waals surface area contributed by atoms with Crippen molar-refractivity contribution in [2.24, 2.45) is 0 Å². The molecule has 7 nitrogen and oxygen atoms in total.